The van der Waals surface area contributed by atoms with E-state index in [1.54, 1.807) is 27.2 Å². The van der Waals surface area contributed by atoms with Crippen molar-refractivity contribution in [3.05, 3.63) is 23.8 Å². The topological polar surface area (TPSA) is 54.0 Å². The molecule has 0 bridgehead atoms. The van der Waals surface area contributed by atoms with E-state index in [4.69, 9.17) is 18.9 Å². The lowest BCUT2D eigenvalue weighted by atomic mass is 10.1. The first kappa shape index (κ1) is 16.3. The number of carbonyl (C=O) groups excluding carboxylic acids is 1. The maximum absolute atomic E-state index is 11.6. The fraction of sp³-hybridized carbons (Fsp3) is 0.533. The summed E-state index contributed by atoms with van der Waals surface area (Å²) in [6.07, 6.45) is -0.171. The molecule has 1 aromatic rings. The van der Waals surface area contributed by atoms with Gasteiger partial charge in [-0.05, 0) is 31.5 Å². The lowest BCUT2D eigenvalue weighted by Gasteiger charge is -2.18. The molecule has 0 saturated heterocycles. The van der Waals surface area contributed by atoms with E-state index in [2.05, 4.69) is 0 Å². The summed E-state index contributed by atoms with van der Waals surface area (Å²) in [6, 6.07) is 5.48. The number of benzene rings is 1. The molecule has 0 saturated carbocycles. The molecule has 0 aliphatic heterocycles. The number of hydrogen-bond acceptors (Lipinski definition) is 5. The number of ether oxygens (including phenoxy) is 4. The van der Waals surface area contributed by atoms with E-state index in [0.29, 0.717) is 24.7 Å². The summed E-state index contributed by atoms with van der Waals surface area (Å²) in [5.74, 6) is 0.974. The van der Waals surface area contributed by atoms with E-state index in [9.17, 15) is 4.79 Å². The molecule has 0 heterocycles. The number of rotatable bonds is 8. The summed E-state index contributed by atoms with van der Waals surface area (Å²) in [7, 11) is 3.15. The van der Waals surface area contributed by atoms with Crippen LogP contribution in [0.5, 0.6) is 11.5 Å². The third kappa shape index (κ3) is 4.42. The molecule has 20 heavy (non-hydrogen) atoms. The first-order chi connectivity index (χ1) is 9.65. The molecule has 5 nitrogen and oxygen atoms in total. The van der Waals surface area contributed by atoms with Gasteiger partial charge in [-0.15, -0.1) is 0 Å². The van der Waals surface area contributed by atoms with E-state index in [1.807, 2.05) is 19.1 Å². The Morgan fingerprint density at radius 3 is 2.35 bits per heavy atom. The summed E-state index contributed by atoms with van der Waals surface area (Å²) in [6.45, 7) is 4.55. The second-order valence-corrected chi connectivity index (χ2v) is 4.07. The van der Waals surface area contributed by atoms with Gasteiger partial charge >= 0.3 is 5.97 Å². The zero-order chi connectivity index (χ0) is 15.0. The van der Waals surface area contributed by atoms with Crippen LogP contribution in [-0.2, 0) is 14.3 Å². The highest BCUT2D eigenvalue weighted by molar-refractivity contribution is 5.70. The standard InChI is InChI=1S/C15H22O5/c1-5-19-13(10-15(16)20-6-2)11-7-8-12(17-3)14(9-11)18-4/h7-9,13H,5-6,10H2,1-4H3. The number of methoxy groups -OCH3 is 2. The molecule has 112 valence electrons. The predicted octanol–water partition coefficient (Wildman–Crippen LogP) is 2.73. The van der Waals surface area contributed by atoms with Crippen LogP contribution in [0, 0.1) is 0 Å². The molecule has 1 rings (SSSR count). The van der Waals surface area contributed by atoms with Gasteiger partial charge < -0.3 is 18.9 Å². The second-order valence-electron chi connectivity index (χ2n) is 4.07. The minimum atomic E-state index is -0.348. The summed E-state index contributed by atoms with van der Waals surface area (Å²) in [5.41, 5.74) is 0.859. The molecule has 1 atom stereocenters. The SMILES string of the molecule is CCOC(=O)CC(OCC)c1ccc(OC)c(OC)c1. The van der Waals surface area contributed by atoms with E-state index in [1.165, 1.54) is 0 Å². The first-order valence-electron chi connectivity index (χ1n) is 6.65. The molecule has 0 aliphatic carbocycles. The Labute approximate surface area is 119 Å². The molecule has 1 unspecified atom stereocenters. The van der Waals surface area contributed by atoms with E-state index >= 15 is 0 Å². The van der Waals surface area contributed by atoms with Gasteiger partial charge in [0, 0.05) is 6.61 Å². The van der Waals surface area contributed by atoms with Crippen LogP contribution in [0.15, 0.2) is 18.2 Å². The van der Waals surface area contributed by atoms with Crippen molar-refractivity contribution in [1.82, 2.24) is 0 Å². The Kier molecular flexibility index (Phi) is 6.87. The highest BCUT2D eigenvalue weighted by Gasteiger charge is 2.19. The van der Waals surface area contributed by atoms with Gasteiger partial charge in [0.2, 0.25) is 0 Å². The molecule has 0 N–H and O–H groups in total. The smallest absolute Gasteiger partial charge is 0.308 e. The summed E-state index contributed by atoms with van der Waals surface area (Å²) in [4.78, 5) is 11.6. The predicted molar refractivity (Wildman–Crippen MR) is 75.2 cm³/mol. The lowest BCUT2D eigenvalue weighted by Crippen LogP contribution is -2.13. The van der Waals surface area contributed by atoms with Crippen molar-refractivity contribution < 1.29 is 23.7 Å². The Morgan fingerprint density at radius 2 is 1.80 bits per heavy atom. The van der Waals surface area contributed by atoms with Crippen LogP contribution in [0.1, 0.15) is 31.9 Å². The van der Waals surface area contributed by atoms with Crippen LogP contribution >= 0.6 is 0 Å². The van der Waals surface area contributed by atoms with E-state index in [0.717, 1.165) is 5.56 Å². The zero-order valence-corrected chi connectivity index (χ0v) is 12.5. The van der Waals surface area contributed by atoms with Crippen molar-refractivity contribution in [3.8, 4) is 11.5 Å². The molecule has 0 radical (unpaired) electrons. The maximum atomic E-state index is 11.6. The Balaban J connectivity index is 2.93. The van der Waals surface area contributed by atoms with Crippen LogP contribution in [0.4, 0.5) is 0 Å². The third-order valence-electron chi connectivity index (χ3n) is 2.80. The number of hydrogen-bond donors (Lipinski definition) is 0. The molecule has 0 aliphatic rings. The van der Waals surface area contributed by atoms with Crippen molar-refractivity contribution in [3.63, 3.8) is 0 Å². The van der Waals surface area contributed by atoms with Gasteiger partial charge in [-0.25, -0.2) is 0 Å². The third-order valence-corrected chi connectivity index (χ3v) is 2.80. The van der Waals surface area contributed by atoms with Gasteiger partial charge in [0.1, 0.15) is 0 Å². The molecular formula is C15H22O5. The van der Waals surface area contributed by atoms with Crippen molar-refractivity contribution in [2.45, 2.75) is 26.4 Å². The van der Waals surface area contributed by atoms with Gasteiger partial charge in [-0.1, -0.05) is 6.07 Å². The second kappa shape index (κ2) is 8.43. The Hall–Kier alpha value is -1.75. The summed E-state index contributed by atoms with van der Waals surface area (Å²) in [5, 5.41) is 0. The van der Waals surface area contributed by atoms with Crippen molar-refractivity contribution in [2.24, 2.45) is 0 Å². The van der Waals surface area contributed by atoms with E-state index in [-0.39, 0.29) is 18.5 Å². The molecule has 0 fully saturated rings. The van der Waals surface area contributed by atoms with Gasteiger partial charge in [0.25, 0.3) is 0 Å². The van der Waals surface area contributed by atoms with Crippen molar-refractivity contribution in [1.29, 1.82) is 0 Å². The van der Waals surface area contributed by atoms with Crippen molar-refractivity contribution >= 4 is 5.97 Å². The Bertz CT molecular complexity index is 430. The average molecular weight is 282 g/mol. The van der Waals surface area contributed by atoms with Crippen LogP contribution in [-0.4, -0.2) is 33.4 Å². The van der Waals surface area contributed by atoms with Crippen LogP contribution in [0.3, 0.4) is 0 Å². The highest BCUT2D eigenvalue weighted by Crippen LogP contribution is 2.32. The van der Waals surface area contributed by atoms with Gasteiger partial charge in [0.15, 0.2) is 11.5 Å². The minimum absolute atomic E-state index is 0.178. The monoisotopic (exact) mass is 282 g/mol. The summed E-state index contributed by atoms with van der Waals surface area (Å²) < 4.78 is 21.0. The number of esters is 1. The lowest BCUT2D eigenvalue weighted by molar-refractivity contribution is -0.146. The summed E-state index contributed by atoms with van der Waals surface area (Å²) >= 11 is 0. The highest BCUT2D eigenvalue weighted by atomic mass is 16.5. The quantitative estimate of drug-likeness (QED) is 0.686. The normalized spacial score (nSPS) is 11.8. The van der Waals surface area contributed by atoms with Crippen molar-refractivity contribution in [2.75, 3.05) is 27.4 Å². The van der Waals surface area contributed by atoms with Crippen LogP contribution in [0.25, 0.3) is 0 Å². The van der Waals surface area contributed by atoms with Crippen LogP contribution < -0.4 is 9.47 Å². The van der Waals surface area contributed by atoms with Gasteiger partial charge in [-0.3, -0.25) is 4.79 Å². The maximum Gasteiger partial charge on any atom is 0.308 e. The van der Waals surface area contributed by atoms with E-state index < -0.39 is 0 Å². The molecule has 0 aromatic heterocycles. The van der Waals surface area contributed by atoms with Gasteiger partial charge in [0.05, 0.1) is 33.4 Å². The molecule has 1 aromatic carbocycles. The molecular weight excluding hydrogens is 260 g/mol. The fourth-order valence-corrected chi connectivity index (χ4v) is 1.90. The molecule has 0 amide bonds. The fourth-order valence-electron chi connectivity index (χ4n) is 1.90. The first-order valence-corrected chi connectivity index (χ1v) is 6.65. The van der Waals surface area contributed by atoms with Gasteiger partial charge in [-0.2, -0.15) is 0 Å². The minimum Gasteiger partial charge on any atom is -0.493 e. The molecule has 5 heteroatoms. The van der Waals surface area contributed by atoms with Crippen LogP contribution in [0.2, 0.25) is 0 Å². The largest absolute Gasteiger partial charge is 0.493 e. The number of carbonyl (C=O) groups is 1. The zero-order valence-electron chi connectivity index (χ0n) is 12.5. The molecule has 0 spiro atoms. The average Bonchev–Trinajstić information content (AvgIpc) is 2.46. The Morgan fingerprint density at radius 1 is 1.10 bits per heavy atom.